The molecule has 1 aliphatic heterocycles. The molecule has 0 radical (unpaired) electrons. The maximum absolute atomic E-state index is 6.70. The van der Waals surface area contributed by atoms with Gasteiger partial charge in [0.15, 0.2) is 0 Å². The number of fused-ring (bicyclic) bond motifs is 7. The Morgan fingerprint density at radius 2 is 1.40 bits per heavy atom. The van der Waals surface area contributed by atoms with E-state index in [2.05, 4.69) is 147 Å². The first-order valence-electron chi connectivity index (χ1n) is 18.1. The summed E-state index contributed by atoms with van der Waals surface area (Å²) in [5.74, 6) is 0.840. The van der Waals surface area contributed by atoms with Crippen LogP contribution < -0.4 is 5.73 Å². The Labute approximate surface area is 309 Å². The molecular weight excluding hydrogens is 631 g/mol. The van der Waals surface area contributed by atoms with Gasteiger partial charge in [-0.25, -0.2) is 0 Å². The van der Waals surface area contributed by atoms with Gasteiger partial charge >= 0.3 is 0 Å². The smallest absolute Gasteiger partial charge is 0.122 e. The number of nitrogens with two attached hydrogens (primary N) is 1. The molecule has 2 aliphatic rings. The van der Waals surface area contributed by atoms with Crippen molar-refractivity contribution in [1.29, 1.82) is 0 Å². The monoisotopic (exact) mass is 675 g/mol. The minimum atomic E-state index is -0.403. The summed E-state index contributed by atoms with van der Waals surface area (Å²) >= 11 is 0. The number of rotatable bonds is 9. The van der Waals surface area contributed by atoms with Crippen molar-refractivity contribution in [3.8, 4) is 22.3 Å². The van der Waals surface area contributed by atoms with E-state index in [-0.39, 0.29) is 6.04 Å². The van der Waals surface area contributed by atoms with E-state index in [1.165, 1.54) is 44.5 Å². The van der Waals surface area contributed by atoms with Crippen LogP contribution in [0.1, 0.15) is 59.7 Å². The highest BCUT2D eigenvalue weighted by molar-refractivity contribution is 5.87. The van der Waals surface area contributed by atoms with Crippen LogP contribution in [0, 0.1) is 0 Å². The van der Waals surface area contributed by atoms with Gasteiger partial charge in [0.05, 0.1) is 5.41 Å². The molecule has 1 heterocycles. The van der Waals surface area contributed by atoms with Gasteiger partial charge in [-0.15, -0.1) is 0 Å². The van der Waals surface area contributed by atoms with Crippen molar-refractivity contribution in [1.82, 2.24) is 0 Å². The minimum Gasteiger partial charge on any atom is -0.489 e. The third-order valence-electron chi connectivity index (χ3n) is 10.2. The molecule has 0 aromatic heterocycles. The van der Waals surface area contributed by atoms with Crippen LogP contribution in [-0.2, 0) is 16.8 Å². The van der Waals surface area contributed by atoms with Crippen LogP contribution in [0.5, 0.6) is 0 Å². The van der Waals surface area contributed by atoms with E-state index in [1.54, 1.807) is 0 Å². The zero-order valence-corrected chi connectivity index (χ0v) is 30.0. The normalized spacial score (nSPS) is 19.1. The van der Waals surface area contributed by atoms with Gasteiger partial charge in [-0.05, 0) is 99.2 Å². The number of hydrogen-bond acceptors (Lipinski definition) is 2. The van der Waals surface area contributed by atoms with Crippen molar-refractivity contribution in [3.63, 3.8) is 0 Å². The van der Waals surface area contributed by atoms with Crippen LogP contribution in [0.2, 0.25) is 0 Å². The topological polar surface area (TPSA) is 35.2 Å². The summed E-state index contributed by atoms with van der Waals surface area (Å²) in [6.45, 7) is 8.71. The quantitative estimate of drug-likeness (QED) is 0.158. The molecule has 0 amide bonds. The molecule has 5 aromatic rings. The molecule has 52 heavy (non-hydrogen) atoms. The van der Waals surface area contributed by atoms with E-state index in [1.807, 2.05) is 55.5 Å². The Morgan fingerprint density at radius 1 is 0.712 bits per heavy atom. The molecule has 0 fully saturated rings. The molecule has 2 unspecified atom stereocenters. The fourth-order valence-corrected chi connectivity index (χ4v) is 7.81. The minimum absolute atomic E-state index is 0.227. The number of ether oxygens (including phenoxy) is 1. The lowest BCUT2D eigenvalue weighted by atomic mass is 9.66. The second-order valence-corrected chi connectivity index (χ2v) is 13.3. The van der Waals surface area contributed by atoms with Crippen molar-refractivity contribution in [2.75, 3.05) is 0 Å². The van der Waals surface area contributed by atoms with Crippen LogP contribution in [0.15, 0.2) is 200 Å². The van der Waals surface area contributed by atoms with Gasteiger partial charge in [0.2, 0.25) is 0 Å². The summed E-state index contributed by atoms with van der Waals surface area (Å²) in [6.07, 6.45) is 21.4. The maximum atomic E-state index is 6.70. The number of hydrogen-bond donors (Lipinski definition) is 1. The van der Waals surface area contributed by atoms with Gasteiger partial charge in [-0.3, -0.25) is 0 Å². The Bertz CT molecular complexity index is 2260. The van der Waals surface area contributed by atoms with Crippen molar-refractivity contribution in [2.45, 2.75) is 38.3 Å². The Kier molecular flexibility index (Phi) is 10.3. The van der Waals surface area contributed by atoms with Gasteiger partial charge < -0.3 is 10.5 Å². The number of allylic oxidation sites excluding steroid dienone is 11. The molecule has 5 aromatic carbocycles. The summed E-state index contributed by atoms with van der Waals surface area (Å²) in [4.78, 5) is 0. The average Bonchev–Trinajstić information content (AvgIpc) is 3.47. The Hall–Kier alpha value is -5.96. The second-order valence-electron chi connectivity index (χ2n) is 13.3. The van der Waals surface area contributed by atoms with Gasteiger partial charge in [0.1, 0.15) is 12.4 Å². The molecule has 2 N–H and O–H groups in total. The molecule has 2 heteroatoms. The zero-order valence-electron chi connectivity index (χ0n) is 30.0. The summed E-state index contributed by atoms with van der Waals surface area (Å²) in [7, 11) is 0. The molecular formula is C50H45NO. The summed E-state index contributed by atoms with van der Waals surface area (Å²) in [6, 6.07) is 43.6. The zero-order chi connectivity index (χ0) is 35.9. The lowest BCUT2D eigenvalue weighted by molar-refractivity contribution is 0.202. The van der Waals surface area contributed by atoms with E-state index < -0.39 is 5.41 Å². The first-order chi connectivity index (χ1) is 25.6. The Morgan fingerprint density at radius 3 is 2.17 bits per heavy atom. The third kappa shape index (κ3) is 6.62. The third-order valence-corrected chi connectivity index (χ3v) is 10.2. The van der Waals surface area contributed by atoms with Crippen molar-refractivity contribution >= 4 is 5.57 Å². The first-order valence-corrected chi connectivity index (χ1v) is 18.1. The predicted octanol–water partition coefficient (Wildman–Crippen LogP) is 12.4. The highest BCUT2D eigenvalue weighted by Gasteiger charge is 2.47. The van der Waals surface area contributed by atoms with E-state index in [4.69, 9.17) is 10.5 Å². The van der Waals surface area contributed by atoms with Gasteiger partial charge in [-0.2, -0.15) is 0 Å². The molecule has 2 atom stereocenters. The van der Waals surface area contributed by atoms with E-state index >= 15 is 0 Å². The largest absolute Gasteiger partial charge is 0.489 e. The van der Waals surface area contributed by atoms with E-state index in [0.29, 0.717) is 6.61 Å². The standard InChI is InChI=1S/C50H45NO/c1-4-7-8-9-11-21-39(33-48(51)38-19-12-10-13-20-38)36-26-28-37(29-27-36)40-30-31-44-43-23-15-17-25-46(43)50(47(44)32-40)34-41(18-5-2)49(6-3)52-35-42-22-14-16-24-45(42)50/h4-33,48H,3,34-35,51H2,1-2H3/b7-4-,9-8+,18-5-,21-11+,39-33+,49-41-. The predicted molar refractivity (Wildman–Crippen MR) is 220 cm³/mol. The molecule has 256 valence electrons. The molecule has 1 aliphatic carbocycles. The van der Waals surface area contributed by atoms with Gasteiger partial charge in [0.25, 0.3) is 0 Å². The number of benzene rings is 5. The molecule has 0 bridgehead atoms. The summed E-state index contributed by atoms with van der Waals surface area (Å²) in [5.41, 5.74) is 20.8. The highest BCUT2D eigenvalue weighted by atomic mass is 16.5. The molecule has 0 saturated carbocycles. The van der Waals surface area contributed by atoms with Crippen LogP contribution in [0.4, 0.5) is 0 Å². The summed E-state index contributed by atoms with van der Waals surface area (Å²) < 4.78 is 6.40. The van der Waals surface area contributed by atoms with Crippen molar-refractivity contribution in [2.24, 2.45) is 5.73 Å². The van der Waals surface area contributed by atoms with Crippen molar-refractivity contribution < 1.29 is 4.74 Å². The highest BCUT2D eigenvalue weighted by Crippen LogP contribution is 2.57. The first kappa shape index (κ1) is 34.5. The molecule has 0 saturated heterocycles. The fourth-order valence-electron chi connectivity index (χ4n) is 7.81. The van der Waals surface area contributed by atoms with Crippen molar-refractivity contribution in [3.05, 3.63) is 233 Å². The van der Waals surface area contributed by atoms with Crippen LogP contribution >= 0.6 is 0 Å². The molecule has 1 spiro atoms. The maximum Gasteiger partial charge on any atom is 0.122 e. The fraction of sp³-hybridized carbons (Fsp3) is 0.120. The van der Waals surface area contributed by atoms with E-state index in [9.17, 15) is 0 Å². The lowest BCUT2D eigenvalue weighted by Gasteiger charge is -2.37. The van der Waals surface area contributed by atoms with Gasteiger partial charge in [0, 0.05) is 6.04 Å². The average molecular weight is 676 g/mol. The molecule has 7 rings (SSSR count). The molecule has 2 nitrogen and oxygen atoms in total. The summed E-state index contributed by atoms with van der Waals surface area (Å²) in [5, 5.41) is 0. The van der Waals surface area contributed by atoms with Gasteiger partial charge in [-0.1, -0.05) is 177 Å². The van der Waals surface area contributed by atoms with Crippen LogP contribution in [0.3, 0.4) is 0 Å². The second kappa shape index (κ2) is 15.5. The van der Waals surface area contributed by atoms with Crippen LogP contribution in [-0.4, -0.2) is 0 Å². The van der Waals surface area contributed by atoms with E-state index in [0.717, 1.165) is 34.5 Å². The van der Waals surface area contributed by atoms with Crippen LogP contribution in [0.25, 0.3) is 27.8 Å². The Balaban J connectivity index is 1.34. The lowest BCUT2D eigenvalue weighted by Crippen LogP contribution is -2.30. The SMILES string of the molecule is C=C/C1=C(\C=C/C)CC2(c3ccccc3CO1)c1ccccc1-c1ccc(-c3ccc(C(/C=C/C=C/C=C\C)=C/C(N)c4ccccc4)cc3)cc12.